The third-order valence-corrected chi connectivity index (χ3v) is 2.47. The second-order valence-corrected chi connectivity index (χ2v) is 3.67. The molecule has 1 unspecified atom stereocenters. The molecule has 0 N–H and O–H groups in total. The topological polar surface area (TPSA) is 9.23 Å². The highest BCUT2D eigenvalue weighted by Gasteiger charge is 2.28. The second kappa shape index (κ2) is 4.31. The molecule has 1 fully saturated rings. The van der Waals surface area contributed by atoms with Crippen LogP contribution >= 0.6 is 0 Å². The van der Waals surface area contributed by atoms with Gasteiger partial charge in [-0.15, -0.1) is 0 Å². The highest BCUT2D eigenvalue weighted by Crippen LogP contribution is 2.34. The fourth-order valence-corrected chi connectivity index (χ4v) is 1.67. The van der Waals surface area contributed by atoms with Gasteiger partial charge in [-0.3, -0.25) is 0 Å². The van der Waals surface area contributed by atoms with Crippen LogP contribution in [-0.4, -0.2) is 6.61 Å². The van der Waals surface area contributed by atoms with Crippen LogP contribution < -0.4 is 0 Å². The Morgan fingerprint density at radius 2 is 2.23 bits per heavy atom. The highest BCUT2D eigenvalue weighted by molar-refractivity contribution is 5.34. The minimum Gasteiger partial charge on any atom is -0.493 e. The molecule has 0 aromatic rings. The van der Waals surface area contributed by atoms with E-state index in [0.717, 1.165) is 12.4 Å². The Labute approximate surface area is 80.8 Å². The number of hydrogen-bond acceptors (Lipinski definition) is 1. The molecule has 1 heteroatoms. The predicted octanol–water partition coefficient (Wildman–Crippen LogP) is 3.31. The monoisotopic (exact) mass is 178 g/mol. The molecule has 1 aliphatic heterocycles. The molecular formula is C12H18O. The molecule has 0 saturated carbocycles. The quantitative estimate of drug-likeness (QED) is 0.630. The minimum absolute atomic E-state index is 0.532. The molecule has 72 valence electrons. The van der Waals surface area contributed by atoms with Crippen molar-refractivity contribution in [1.82, 2.24) is 0 Å². The van der Waals surface area contributed by atoms with Crippen molar-refractivity contribution < 1.29 is 4.74 Å². The first-order valence-electron chi connectivity index (χ1n) is 4.82. The molecule has 1 rings (SSSR count). The van der Waals surface area contributed by atoms with Gasteiger partial charge in [0.25, 0.3) is 0 Å². The molecule has 1 aliphatic rings. The van der Waals surface area contributed by atoms with Crippen LogP contribution in [0, 0.1) is 11.8 Å². The standard InChI is InChI=1S/C12H18O/c1-5-7-10-11(9(3)4)8-13-12(10)6-2/h5-7,9,11H,1,8H2,2-4H3/b10-7-,12-6+. The largest absolute Gasteiger partial charge is 0.493 e. The number of rotatable bonds is 2. The van der Waals surface area contributed by atoms with Crippen LogP contribution in [0.15, 0.2) is 36.1 Å². The Morgan fingerprint density at radius 3 is 2.69 bits per heavy atom. The van der Waals surface area contributed by atoms with Crippen LogP contribution in [0.1, 0.15) is 20.8 Å². The van der Waals surface area contributed by atoms with Gasteiger partial charge in [-0.25, -0.2) is 0 Å². The Balaban J connectivity index is 2.92. The molecule has 1 atom stereocenters. The molecule has 1 nitrogen and oxygen atoms in total. The van der Waals surface area contributed by atoms with E-state index in [1.807, 2.05) is 19.1 Å². The zero-order valence-electron chi connectivity index (χ0n) is 8.71. The van der Waals surface area contributed by atoms with E-state index in [1.54, 1.807) is 0 Å². The summed E-state index contributed by atoms with van der Waals surface area (Å²) in [6, 6.07) is 0. The average molecular weight is 178 g/mol. The van der Waals surface area contributed by atoms with Crippen molar-refractivity contribution in [2.24, 2.45) is 11.8 Å². The van der Waals surface area contributed by atoms with E-state index in [1.165, 1.54) is 5.57 Å². The lowest BCUT2D eigenvalue weighted by Gasteiger charge is -2.12. The van der Waals surface area contributed by atoms with Crippen molar-refractivity contribution in [3.8, 4) is 0 Å². The van der Waals surface area contributed by atoms with Gasteiger partial charge in [-0.1, -0.05) is 32.6 Å². The first kappa shape index (κ1) is 10.1. The Bertz CT molecular complexity index is 246. The van der Waals surface area contributed by atoms with Gasteiger partial charge in [0, 0.05) is 11.5 Å². The summed E-state index contributed by atoms with van der Waals surface area (Å²) in [5, 5.41) is 0. The van der Waals surface area contributed by atoms with Crippen molar-refractivity contribution in [2.75, 3.05) is 6.61 Å². The van der Waals surface area contributed by atoms with Gasteiger partial charge in [0.1, 0.15) is 5.76 Å². The van der Waals surface area contributed by atoms with E-state index in [9.17, 15) is 0 Å². The van der Waals surface area contributed by atoms with Gasteiger partial charge in [0.2, 0.25) is 0 Å². The van der Waals surface area contributed by atoms with Crippen LogP contribution in [0.2, 0.25) is 0 Å². The molecule has 0 aromatic carbocycles. The summed E-state index contributed by atoms with van der Waals surface area (Å²) in [6.45, 7) is 11.0. The van der Waals surface area contributed by atoms with Gasteiger partial charge in [-0.05, 0) is 18.9 Å². The van der Waals surface area contributed by atoms with Gasteiger partial charge in [0.05, 0.1) is 6.61 Å². The summed E-state index contributed by atoms with van der Waals surface area (Å²) in [6.07, 6.45) is 5.92. The number of hydrogen-bond donors (Lipinski definition) is 0. The average Bonchev–Trinajstić information content (AvgIpc) is 2.48. The lowest BCUT2D eigenvalue weighted by molar-refractivity contribution is 0.222. The molecular weight excluding hydrogens is 160 g/mol. The first-order chi connectivity index (χ1) is 6.20. The lowest BCUT2D eigenvalue weighted by atomic mass is 9.89. The molecule has 0 aromatic heterocycles. The van der Waals surface area contributed by atoms with Crippen molar-refractivity contribution in [1.29, 1.82) is 0 Å². The summed E-state index contributed by atoms with van der Waals surface area (Å²) in [5.41, 5.74) is 1.30. The normalized spacial score (nSPS) is 28.5. The summed E-state index contributed by atoms with van der Waals surface area (Å²) in [7, 11) is 0. The Hall–Kier alpha value is -0.980. The van der Waals surface area contributed by atoms with Gasteiger partial charge >= 0.3 is 0 Å². The molecule has 1 saturated heterocycles. The summed E-state index contributed by atoms with van der Waals surface area (Å²) in [4.78, 5) is 0. The van der Waals surface area contributed by atoms with Crippen LogP contribution in [-0.2, 0) is 4.74 Å². The van der Waals surface area contributed by atoms with Crippen LogP contribution in [0.5, 0.6) is 0 Å². The molecule has 1 heterocycles. The van der Waals surface area contributed by atoms with E-state index in [4.69, 9.17) is 4.74 Å². The maximum absolute atomic E-state index is 5.59. The smallest absolute Gasteiger partial charge is 0.118 e. The fourth-order valence-electron chi connectivity index (χ4n) is 1.67. The highest BCUT2D eigenvalue weighted by atomic mass is 16.5. The first-order valence-corrected chi connectivity index (χ1v) is 4.82. The molecule has 13 heavy (non-hydrogen) atoms. The maximum atomic E-state index is 5.59. The Morgan fingerprint density at radius 1 is 1.54 bits per heavy atom. The van der Waals surface area contributed by atoms with Gasteiger partial charge in [-0.2, -0.15) is 0 Å². The number of allylic oxidation sites excluding steroid dienone is 4. The summed E-state index contributed by atoms with van der Waals surface area (Å²) < 4.78 is 5.59. The zero-order valence-corrected chi connectivity index (χ0v) is 8.71. The van der Waals surface area contributed by atoms with E-state index in [0.29, 0.717) is 11.8 Å². The predicted molar refractivity (Wildman–Crippen MR) is 56.3 cm³/mol. The second-order valence-electron chi connectivity index (χ2n) is 3.67. The lowest BCUT2D eigenvalue weighted by Crippen LogP contribution is -2.09. The van der Waals surface area contributed by atoms with Crippen molar-refractivity contribution >= 4 is 0 Å². The van der Waals surface area contributed by atoms with E-state index in [2.05, 4.69) is 26.5 Å². The Kier molecular flexibility index (Phi) is 3.35. The minimum atomic E-state index is 0.532. The van der Waals surface area contributed by atoms with E-state index in [-0.39, 0.29) is 0 Å². The summed E-state index contributed by atoms with van der Waals surface area (Å²) >= 11 is 0. The zero-order chi connectivity index (χ0) is 9.84. The number of ether oxygens (including phenoxy) is 1. The van der Waals surface area contributed by atoms with E-state index < -0.39 is 0 Å². The third-order valence-electron chi connectivity index (χ3n) is 2.47. The van der Waals surface area contributed by atoms with Crippen LogP contribution in [0.3, 0.4) is 0 Å². The molecule has 0 amide bonds. The fraction of sp³-hybridized carbons (Fsp3) is 0.500. The molecule has 0 aliphatic carbocycles. The molecule has 0 bridgehead atoms. The van der Waals surface area contributed by atoms with Crippen LogP contribution in [0.4, 0.5) is 0 Å². The van der Waals surface area contributed by atoms with Crippen molar-refractivity contribution in [3.63, 3.8) is 0 Å². The third kappa shape index (κ3) is 2.03. The molecule has 0 radical (unpaired) electrons. The van der Waals surface area contributed by atoms with Crippen LogP contribution in [0.25, 0.3) is 0 Å². The van der Waals surface area contributed by atoms with E-state index >= 15 is 0 Å². The van der Waals surface area contributed by atoms with Gasteiger partial charge in [0.15, 0.2) is 0 Å². The SMILES string of the molecule is C=C/C=C1\C(=C/C)OCC1C(C)C. The maximum Gasteiger partial charge on any atom is 0.118 e. The van der Waals surface area contributed by atoms with Crippen molar-refractivity contribution in [3.05, 3.63) is 36.1 Å². The van der Waals surface area contributed by atoms with Crippen molar-refractivity contribution in [2.45, 2.75) is 20.8 Å². The summed E-state index contributed by atoms with van der Waals surface area (Å²) in [5.74, 6) is 2.19. The van der Waals surface area contributed by atoms with Gasteiger partial charge < -0.3 is 4.74 Å². The molecule has 0 spiro atoms.